The molecular weight excluding hydrogens is 172 g/mol. The minimum absolute atomic E-state index is 0.511. The average molecular weight is 182 g/mol. The second-order valence-electron chi connectivity index (χ2n) is 2.99. The quantitative estimate of drug-likeness (QED) is 0.648. The van der Waals surface area contributed by atoms with Crippen molar-refractivity contribution in [2.75, 3.05) is 0 Å². The Kier molecular flexibility index (Phi) is 2.36. The Bertz CT molecular complexity index is 407. The third kappa shape index (κ3) is 2.04. The number of rotatable bonds is 1. The fraction of sp³-hybridized carbons (Fsp3) is 0. The second kappa shape index (κ2) is 3.83. The topological polar surface area (TPSA) is 36.2 Å². The van der Waals surface area contributed by atoms with E-state index in [-0.39, 0.29) is 0 Å². The van der Waals surface area contributed by atoms with Gasteiger partial charge in [0.2, 0.25) is 0 Å². The Labute approximate surface area is 82.8 Å². The van der Waals surface area contributed by atoms with Crippen LogP contribution in [0.4, 0.5) is 5.69 Å². The molecule has 1 aromatic carbocycles. The van der Waals surface area contributed by atoms with E-state index in [0.717, 1.165) is 11.4 Å². The zero-order chi connectivity index (χ0) is 9.80. The zero-order valence-corrected chi connectivity index (χ0v) is 7.64. The van der Waals surface area contributed by atoms with Gasteiger partial charge in [0, 0.05) is 0 Å². The van der Waals surface area contributed by atoms with Crippen molar-refractivity contribution in [1.82, 2.24) is 0 Å². The molecule has 68 valence electrons. The molecule has 0 aliphatic heterocycles. The van der Waals surface area contributed by atoms with Crippen LogP contribution < -0.4 is 0 Å². The second-order valence-corrected chi connectivity index (χ2v) is 2.99. The van der Waals surface area contributed by atoms with E-state index in [1.807, 2.05) is 42.5 Å². The van der Waals surface area contributed by atoms with E-state index >= 15 is 0 Å². The van der Waals surface area contributed by atoms with E-state index < -0.39 is 0 Å². The highest BCUT2D eigenvalue weighted by molar-refractivity contribution is 6.17. The summed E-state index contributed by atoms with van der Waals surface area (Å²) in [7, 11) is 0. The summed E-state index contributed by atoms with van der Waals surface area (Å²) in [5, 5.41) is 7.33. The minimum atomic E-state index is 0.511. The highest BCUT2D eigenvalue weighted by Gasteiger charge is 1.96. The van der Waals surface area contributed by atoms with Gasteiger partial charge in [-0.25, -0.2) is 4.99 Å². The molecule has 1 aliphatic carbocycles. The molecule has 0 radical (unpaired) electrons. The number of benzene rings is 1. The van der Waals surface area contributed by atoms with Crippen LogP contribution in [0.5, 0.6) is 0 Å². The predicted octanol–water partition coefficient (Wildman–Crippen LogP) is 2.90. The molecule has 1 aromatic rings. The first-order valence-corrected chi connectivity index (χ1v) is 4.43. The van der Waals surface area contributed by atoms with Crippen LogP contribution in [0.1, 0.15) is 0 Å². The standard InChI is InChI=1S/C12H10N2/c13-10-6-8-12(9-7-10)14-11-4-2-1-3-5-11/h1-9,13H. The van der Waals surface area contributed by atoms with Crippen molar-refractivity contribution in [3.05, 3.63) is 54.6 Å². The van der Waals surface area contributed by atoms with Gasteiger partial charge >= 0.3 is 0 Å². The normalized spacial score (nSPS) is 14.6. The molecular formula is C12H10N2. The number of nitrogens with zero attached hydrogens (tertiary/aromatic N) is 1. The summed E-state index contributed by atoms with van der Waals surface area (Å²) in [5.74, 6) is 0. The molecule has 0 spiro atoms. The minimum Gasteiger partial charge on any atom is -0.301 e. The Morgan fingerprint density at radius 2 is 1.50 bits per heavy atom. The lowest BCUT2D eigenvalue weighted by molar-refractivity contribution is 1.50. The molecule has 0 unspecified atom stereocenters. The van der Waals surface area contributed by atoms with Crippen molar-refractivity contribution in [2.45, 2.75) is 0 Å². The molecule has 1 N–H and O–H groups in total. The molecule has 0 saturated carbocycles. The molecule has 0 amide bonds. The van der Waals surface area contributed by atoms with Crippen LogP contribution in [0.2, 0.25) is 0 Å². The van der Waals surface area contributed by atoms with Gasteiger partial charge in [-0.3, -0.25) is 0 Å². The number of hydrogen-bond donors (Lipinski definition) is 1. The van der Waals surface area contributed by atoms with Crippen molar-refractivity contribution in [3.63, 3.8) is 0 Å². The smallest absolute Gasteiger partial charge is 0.0638 e. The van der Waals surface area contributed by atoms with Crippen LogP contribution in [-0.4, -0.2) is 11.4 Å². The molecule has 2 nitrogen and oxygen atoms in total. The number of hydrogen-bond acceptors (Lipinski definition) is 2. The average Bonchev–Trinajstić information content (AvgIpc) is 2.23. The first-order valence-electron chi connectivity index (χ1n) is 4.43. The molecule has 0 fully saturated rings. The van der Waals surface area contributed by atoms with Gasteiger partial charge in [-0.1, -0.05) is 18.2 Å². The highest BCUT2D eigenvalue weighted by Crippen LogP contribution is 2.11. The summed E-state index contributed by atoms with van der Waals surface area (Å²) in [4.78, 5) is 4.40. The van der Waals surface area contributed by atoms with E-state index in [2.05, 4.69) is 4.99 Å². The Morgan fingerprint density at radius 3 is 2.14 bits per heavy atom. The summed E-state index contributed by atoms with van der Waals surface area (Å²) < 4.78 is 0. The molecule has 0 heterocycles. The fourth-order valence-electron chi connectivity index (χ4n) is 1.19. The lowest BCUT2D eigenvalue weighted by atomic mass is 10.1. The number of aliphatic imine (C=N–C) groups is 1. The Morgan fingerprint density at radius 1 is 0.857 bits per heavy atom. The number of nitrogens with one attached hydrogen (secondary N) is 1. The first-order chi connectivity index (χ1) is 6.84. The van der Waals surface area contributed by atoms with Crippen LogP contribution in [0, 0.1) is 5.41 Å². The number of allylic oxidation sites excluding steroid dienone is 4. The molecule has 0 atom stereocenters. The summed E-state index contributed by atoms with van der Waals surface area (Å²) in [6, 6.07) is 9.78. The van der Waals surface area contributed by atoms with Crippen LogP contribution in [0.25, 0.3) is 0 Å². The van der Waals surface area contributed by atoms with Crippen molar-refractivity contribution in [1.29, 1.82) is 5.41 Å². The van der Waals surface area contributed by atoms with Gasteiger partial charge in [-0.05, 0) is 36.4 Å². The molecule has 0 bridgehead atoms. The summed E-state index contributed by atoms with van der Waals surface area (Å²) in [6.07, 6.45) is 7.16. The number of para-hydroxylation sites is 1. The van der Waals surface area contributed by atoms with Crippen LogP contribution in [0.3, 0.4) is 0 Å². The monoisotopic (exact) mass is 182 g/mol. The lowest BCUT2D eigenvalue weighted by Crippen LogP contribution is -1.97. The third-order valence-electron chi connectivity index (χ3n) is 1.88. The molecule has 0 saturated heterocycles. The van der Waals surface area contributed by atoms with E-state index in [9.17, 15) is 0 Å². The Hall–Kier alpha value is -1.96. The van der Waals surface area contributed by atoms with Gasteiger partial charge in [0.1, 0.15) is 0 Å². The van der Waals surface area contributed by atoms with Gasteiger partial charge in [-0.15, -0.1) is 0 Å². The van der Waals surface area contributed by atoms with Crippen molar-refractivity contribution < 1.29 is 0 Å². The fourth-order valence-corrected chi connectivity index (χ4v) is 1.19. The molecule has 0 aromatic heterocycles. The predicted molar refractivity (Wildman–Crippen MR) is 59.5 cm³/mol. The maximum atomic E-state index is 7.33. The van der Waals surface area contributed by atoms with Gasteiger partial charge in [0.15, 0.2) is 0 Å². The molecule has 2 rings (SSSR count). The maximum Gasteiger partial charge on any atom is 0.0638 e. The van der Waals surface area contributed by atoms with Crippen LogP contribution in [-0.2, 0) is 0 Å². The molecule has 14 heavy (non-hydrogen) atoms. The van der Waals surface area contributed by atoms with Gasteiger partial charge in [-0.2, -0.15) is 0 Å². The van der Waals surface area contributed by atoms with E-state index in [1.54, 1.807) is 12.2 Å². The molecule has 1 aliphatic rings. The van der Waals surface area contributed by atoms with Gasteiger partial charge in [0.05, 0.1) is 17.1 Å². The van der Waals surface area contributed by atoms with Crippen molar-refractivity contribution in [2.24, 2.45) is 4.99 Å². The Balaban J connectivity index is 2.25. The van der Waals surface area contributed by atoms with Crippen LogP contribution in [0.15, 0.2) is 59.6 Å². The van der Waals surface area contributed by atoms with E-state index in [0.29, 0.717) is 5.71 Å². The summed E-state index contributed by atoms with van der Waals surface area (Å²) >= 11 is 0. The zero-order valence-electron chi connectivity index (χ0n) is 7.64. The third-order valence-corrected chi connectivity index (χ3v) is 1.88. The molecule has 2 heteroatoms. The van der Waals surface area contributed by atoms with Gasteiger partial charge < -0.3 is 5.41 Å². The van der Waals surface area contributed by atoms with E-state index in [1.165, 1.54) is 0 Å². The SMILES string of the molecule is N=C1C=CC(=Nc2ccccc2)C=C1. The first kappa shape index (κ1) is 8.63. The largest absolute Gasteiger partial charge is 0.301 e. The summed E-state index contributed by atoms with van der Waals surface area (Å²) in [6.45, 7) is 0. The lowest BCUT2D eigenvalue weighted by Gasteiger charge is -2.00. The summed E-state index contributed by atoms with van der Waals surface area (Å²) in [5.41, 5.74) is 2.33. The van der Waals surface area contributed by atoms with E-state index in [4.69, 9.17) is 5.41 Å². The van der Waals surface area contributed by atoms with Gasteiger partial charge in [0.25, 0.3) is 0 Å². The van der Waals surface area contributed by atoms with Crippen molar-refractivity contribution in [3.8, 4) is 0 Å². The highest BCUT2D eigenvalue weighted by atomic mass is 14.7. The maximum absolute atomic E-state index is 7.33. The van der Waals surface area contributed by atoms with Crippen molar-refractivity contribution >= 4 is 17.1 Å². The van der Waals surface area contributed by atoms with Crippen LogP contribution >= 0.6 is 0 Å².